The number of aromatic nitrogens is 1. The summed E-state index contributed by atoms with van der Waals surface area (Å²) in [7, 11) is -1.47. The molecule has 0 spiro atoms. The number of carboxylic acid groups (broad SMARTS) is 1. The van der Waals surface area contributed by atoms with Crippen molar-refractivity contribution in [3.05, 3.63) is 40.4 Å². The molecule has 1 aliphatic rings. The van der Waals surface area contributed by atoms with E-state index in [0.29, 0.717) is 5.56 Å². The van der Waals surface area contributed by atoms with E-state index < -0.39 is 24.9 Å². The SMILES string of the molecule is Nc1ncc(/C(=N\O)C(=O)N[C@H]2Cc3cccc(C(=O)O)c3OB2O)s1. The number of carbonyl (C=O) groups is 2. The van der Waals surface area contributed by atoms with E-state index in [4.69, 9.17) is 15.6 Å². The first-order chi connectivity index (χ1) is 12.4. The average Bonchev–Trinajstić information content (AvgIpc) is 3.01. The molecule has 0 radical (unpaired) electrons. The van der Waals surface area contributed by atoms with Crippen molar-refractivity contribution in [1.29, 1.82) is 0 Å². The summed E-state index contributed by atoms with van der Waals surface area (Å²) in [6, 6.07) is 4.54. The third kappa shape index (κ3) is 3.32. The maximum atomic E-state index is 12.4. The monoisotopic (exact) mass is 376 g/mol. The Hall–Kier alpha value is -3.12. The van der Waals surface area contributed by atoms with Crippen LogP contribution in [0.15, 0.2) is 29.6 Å². The number of hydrogen-bond acceptors (Lipinski definition) is 9. The number of oxime groups is 1. The molecule has 0 aliphatic carbocycles. The van der Waals surface area contributed by atoms with Gasteiger partial charge in [0, 0.05) is 6.20 Å². The highest BCUT2D eigenvalue weighted by Crippen LogP contribution is 2.30. The van der Waals surface area contributed by atoms with E-state index >= 15 is 0 Å². The Morgan fingerprint density at radius 2 is 2.23 bits per heavy atom. The van der Waals surface area contributed by atoms with E-state index in [0.717, 1.165) is 11.3 Å². The summed E-state index contributed by atoms with van der Waals surface area (Å²) in [4.78, 5) is 27.6. The molecule has 1 amide bonds. The second-order valence-corrected chi connectivity index (χ2v) is 6.47. The molecule has 1 aromatic carbocycles. The Morgan fingerprint density at radius 1 is 1.46 bits per heavy atom. The smallest absolute Gasteiger partial charge is 0.534 e. The van der Waals surface area contributed by atoms with Crippen molar-refractivity contribution in [2.45, 2.75) is 12.4 Å². The van der Waals surface area contributed by atoms with Crippen molar-refractivity contribution >= 4 is 41.2 Å². The van der Waals surface area contributed by atoms with Crippen molar-refractivity contribution < 1.29 is 29.6 Å². The van der Waals surface area contributed by atoms with E-state index in [1.807, 2.05) is 0 Å². The van der Waals surface area contributed by atoms with Gasteiger partial charge in [0.1, 0.15) is 5.75 Å². The molecule has 10 nitrogen and oxygen atoms in total. The average molecular weight is 376 g/mol. The van der Waals surface area contributed by atoms with Crippen LogP contribution in [-0.4, -0.2) is 51.0 Å². The fourth-order valence-corrected chi connectivity index (χ4v) is 3.22. The first-order valence-corrected chi connectivity index (χ1v) is 8.17. The highest BCUT2D eigenvalue weighted by molar-refractivity contribution is 7.18. The Labute approximate surface area is 151 Å². The predicted molar refractivity (Wildman–Crippen MR) is 92.5 cm³/mol. The largest absolute Gasteiger partial charge is 0.547 e. The minimum absolute atomic E-state index is 0.0595. The fraction of sp³-hybridized carbons (Fsp3) is 0.143. The summed E-state index contributed by atoms with van der Waals surface area (Å²) in [5.74, 6) is -2.76. The molecule has 2 heterocycles. The molecular weight excluding hydrogens is 363 g/mol. The molecule has 1 aliphatic heterocycles. The summed E-state index contributed by atoms with van der Waals surface area (Å²) in [5.41, 5.74) is 5.63. The van der Waals surface area contributed by atoms with Gasteiger partial charge in [0.15, 0.2) is 10.8 Å². The minimum Gasteiger partial charge on any atom is -0.534 e. The maximum Gasteiger partial charge on any atom is 0.547 e. The lowest BCUT2D eigenvalue weighted by Gasteiger charge is -2.28. The summed E-state index contributed by atoms with van der Waals surface area (Å²) >= 11 is 0.961. The second-order valence-electron chi connectivity index (χ2n) is 5.40. The number of carboxylic acids is 1. The Balaban J connectivity index is 1.80. The van der Waals surface area contributed by atoms with Crippen LogP contribution in [0, 0.1) is 0 Å². The highest BCUT2D eigenvalue weighted by atomic mass is 32.1. The number of para-hydroxylation sites is 1. The molecule has 3 rings (SSSR count). The Kier molecular flexibility index (Phi) is 4.78. The molecule has 6 N–H and O–H groups in total. The zero-order chi connectivity index (χ0) is 18.8. The standard InChI is InChI=1S/C14H13BN4O6S/c16-14-17-5-8(26-14)10(19-24)12(20)18-9-4-6-2-1-3-7(13(21)22)11(6)25-15(9)23/h1-3,5,9,23-24H,4H2,(H2,16,17)(H,18,20)(H,21,22)/b19-10+/t9-/m0/s1. The summed E-state index contributed by atoms with van der Waals surface area (Å²) in [5, 5.41) is 34.1. The van der Waals surface area contributed by atoms with Gasteiger partial charge in [0.25, 0.3) is 5.91 Å². The number of anilines is 1. The Morgan fingerprint density at radius 3 is 2.85 bits per heavy atom. The lowest BCUT2D eigenvalue weighted by atomic mass is 9.72. The number of amides is 1. The number of fused-ring (bicyclic) bond motifs is 1. The molecular formula is C14H13BN4O6S. The molecule has 0 fully saturated rings. The first-order valence-electron chi connectivity index (χ1n) is 7.35. The summed E-state index contributed by atoms with van der Waals surface area (Å²) in [6.07, 6.45) is 1.42. The quantitative estimate of drug-likeness (QED) is 0.211. The van der Waals surface area contributed by atoms with Crippen molar-refractivity contribution in [1.82, 2.24) is 10.3 Å². The van der Waals surface area contributed by atoms with Crippen LogP contribution in [0.2, 0.25) is 0 Å². The number of aromatic carboxylic acids is 1. The van der Waals surface area contributed by atoms with Gasteiger partial charge < -0.3 is 31.0 Å². The number of rotatable bonds is 4. The van der Waals surface area contributed by atoms with Gasteiger partial charge in [-0.05, 0) is 18.1 Å². The number of nitrogens with two attached hydrogens (primary N) is 1. The van der Waals surface area contributed by atoms with Gasteiger partial charge in [-0.3, -0.25) is 4.79 Å². The number of hydrogen-bond donors (Lipinski definition) is 5. The van der Waals surface area contributed by atoms with Crippen LogP contribution in [0.3, 0.4) is 0 Å². The van der Waals surface area contributed by atoms with Crippen LogP contribution in [-0.2, 0) is 11.2 Å². The molecule has 1 aromatic heterocycles. The van der Waals surface area contributed by atoms with E-state index in [1.54, 1.807) is 12.1 Å². The summed E-state index contributed by atoms with van der Waals surface area (Å²) < 4.78 is 5.29. The van der Waals surface area contributed by atoms with Crippen LogP contribution in [0.5, 0.6) is 5.75 Å². The first kappa shape index (κ1) is 17.7. The topological polar surface area (TPSA) is 167 Å². The third-order valence-electron chi connectivity index (χ3n) is 3.74. The predicted octanol–water partition coefficient (Wildman–Crippen LogP) is -0.259. The number of benzene rings is 1. The third-order valence-corrected chi connectivity index (χ3v) is 4.57. The van der Waals surface area contributed by atoms with Crippen molar-refractivity contribution in [3.8, 4) is 5.75 Å². The van der Waals surface area contributed by atoms with E-state index in [-0.39, 0.29) is 33.5 Å². The molecule has 1 atom stereocenters. The van der Waals surface area contributed by atoms with Crippen LogP contribution < -0.4 is 15.7 Å². The van der Waals surface area contributed by atoms with Crippen molar-refractivity contribution in [2.24, 2.45) is 5.16 Å². The van der Waals surface area contributed by atoms with Crippen molar-refractivity contribution in [2.75, 3.05) is 5.73 Å². The number of nitrogens with zero attached hydrogens (tertiary/aromatic N) is 2. The lowest BCUT2D eigenvalue weighted by Crippen LogP contribution is -2.54. The van der Waals surface area contributed by atoms with E-state index in [2.05, 4.69) is 15.5 Å². The van der Waals surface area contributed by atoms with Gasteiger partial charge in [-0.25, -0.2) is 9.78 Å². The Bertz CT molecular complexity index is 901. The zero-order valence-corrected chi connectivity index (χ0v) is 13.9. The van der Waals surface area contributed by atoms with E-state index in [1.165, 1.54) is 12.3 Å². The number of thiazole rings is 1. The maximum absolute atomic E-state index is 12.4. The molecule has 0 saturated heterocycles. The molecule has 0 unspecified atom stereocenters. The molecule has 0 saturated carbocycles. The van der Waals surface area contributed by atoms with Crippen LogP contribution in [0.4, 0.5) is 5.13 Å². The van der Waals surface area contributed by atoms with E-state index in [9.17, 15) is 19.7 Å². The zero-order valence-electron chi connectivity index (χ0n) is 13.1. The van der Waals surface area contributed by atoms with Crippen LogP contribution in [0.1, 0.15) is 20.8 Å². The molecule has 134 valence electrons. The molecule has 2 aromatic rings. The normalized spacial score (nSPS) is 16.6. The van der Waals surface area contributed by atoms with Gasteiger partial charge >= 0.3 is 13.1 Å². The highest BCUT2D eigenvalue weighted by Gasteiger charge is 2.38. The number of carbonyl (C=O) groups excluding carboxylic acids is 1. The lowest BCUT2D eigenvalue weighted by molar-refractivity contribution is -0.115. The fourth-order valence-electron chi connectivity index (χ4n) is 2.56. The van der Waals surface area contributed by atoms with Gasteiger partial charge in [-0.2, -0.15) is 0 Å². The van der Waals surface area contributed by atoms with Gasteiger partial charge in [-0.1, -0.05) is 28.6 Å². The van der Waals surface area contributed by atoms with Gasteiger partial charge in [0.05, 0.1) is 16.4 Å². The van der Waals surface area contributed by atoms with Gasteiger partial charge in [0.2, 0.25) is 0 Å². The molecule has 12 heteroatoms. The molecule has 0 bridgehead atoms. The number of nitrogen functional groups attached to an aromatic ring is 1. The van der Waals surface area contributed by atoms with Crippen molar-refractivity contribution in [3.63, 3.8) is 0 Å². The molecule has 26 heavy (non-hydrogen) atoms. The van der Waals surface area contributed by atoms with Gasteiger partial charge in [-0.15, -0.1) is 0 Å². The van der Waals surface area contributed by atoms with Crippen LogP contribution >= 0.6 is 11.3 Å². The second kappa shape index (κ2) is 7.02. The van der Waals surface area contributed by atoms with Crippen LogP contribution in [0.25, 0.3) is 0 Å². The number of nitrogens with one attached hydrogen (secondary N) is 1. The minimum atomic E-state index is -1.47. The summed E-state index contributed by atoms with van der Waals surface area (Å²) in [6.45, 7) is 0.